The SMILES string of the molecule is CN(C1CCC(N2CCC(O)(C(=O)NCc3cc(F)cc(Cl)c3)C2=O)CC1)S(=O)[O-]. The van der Waals surface area contributed by atoms with Gasteiger partial charge in [-0.2, -0.15) is 0 Å². The lowest BCUT2D eigenvalue weighted by Crippen LogP contribution is -2.54. The fourth-order valence-electron chi connectivity index (χ4n) is 4.18. The van der Waals surface area contributed by atoms with Gasteiger partial charge in [0.2, 0.25) is 5.60 Å². The Balaban J connectivity index is 1.58. The molecule has 1 aromatic carbocycles. The molecule has 166 valence electrons. The lowest BCUT2D eigenvalue weighted by molar-refractivity contribution is -0.155. The van der Waals surface area contributed by atoms with Crippen molar-refractivity contribution in [2.75, 3.05) is 13.6 Å². The average Bonchev–Trinajstić information content (AvgIpc) is 3.01. The van der Waals surface area contributed by atoms with Gasteiger partial charge in [-0.1, -0.05) is 11.6 Å². The Morgan fingerprint density at radius 3 is 2.67 bits per heavy atom. The first kappa shape index (κ1) is 23.1. The molecule has 1 aromatic rings. The van der Waals surface area contributed by atoms with Crippen LogP contribution in [0.2, 0.25) is 5.02 Å². The standard InChI is InChI=1S/C19H25ClFN3O5S/c1-23(30(28)29)15-2-4-16(5-3-15)24-7-6-19(27,18(24)26)17(25)22-11-12-8-13(20)10-14(21)9-12/h8-10,15-16,27H,2-7,11H2,1H3,(H,22,25)(H,28,29)/p-1. The summed E-state index contributed by atoms with van der Waals surface area (Å²) in [4.78, 5) is 26.9. The minimum absolute atomic E-state index is 0.0357. The Labute approximate surface area is 181 Å². The third-order valence-corrected chi connectivity index (χ3v) is 6.92. The maximum Gasteiger partial charge on any atom is 0.264 e. The molecule has 1 heterocycles. The normalized spacial score (nSPS) is 28.1. The molecule has 11 heteroatoms. The fraction of sp³-hybridized carbons (Fsp3) is 0.579. The monoisotopic (exact) mass is 460 g/mol. The van der Waals surface area contributed by atoms with Gasteiger partial charge in [0.15, 0.2) is 0 Å². The Kier molecular flexibility index (Phi) is 7.13. The number of nitrogens with zero attached hydrogens (tertiary/aromatic N) is 2. The summed E-state index contributed by atoms with van der Waals surface area (Å²) in [5.41, 5.74) is -1.75. The van der Waals surface area contributed by atoms with Gasteiger partial charge in [-0.3, -0.25) is 13.8 Å². The van der Waals surface area contributed by atoms with E-state index in [2.05, 4.69) is 5.32 Å². The highest BCUT2D eigenvalue weighted by Crippen LogP contribution is 2.32. The lowest BCUT2D eigenvalue weighted by Gasteiger charge is -2.38. The zero-order chi connectivity index (χ0) is 22.1. The van der Waals surface area contributed by atoms with Crippen molar-refractivity contribution in [2.45, 2.75) is 56.3 Å². The molecule has 0 aromatic heterocycles. The maximum absolute atomic E-state index is 13.4. The average molecular weight is 461 g/mol. The molecule has 2 fully saturated rings. The third kappa shape index (κ3) is 4.83. The molecular weight excluding hydrogens is 437 g/mol. The minimum Gasteiger partial charge on any atom is -0.760 e. The second-order valence-electron chi connectivity index (χ2n) is 7.79. The van der Waals surface area contributed by atoms with Crippen molar-refractivity contribution in [1.82, 2.24) is 14.5 Å². The van der Waals surface area contributed by atoms with Crippen molar-refractivity contribution in [3.8, 4) is 0 Å². The maximum atomic E-state index is 13.4. The van der Waals surface area contributed by atoms with Crippen LogP contribution < -0.4 is 5.32 Å². The van der Waals surface area contributed by atoms with E-state index in [1.54, 1.807) is 0 Å². The summed E-state index contributed by atoms with van der Waals surface area (Å²) in [6, 6.07) is 3.58. The molecule has 2 unspecified atom stereocenters. The van der Waals surface area contributed by atoms with Gasteiger partial charge in [0.25, 0.3) is 11.8 Å². The highest BCUT2D eigenvalue weighted by atomic mass is 35.5. The van der Waals surface area contributed by atoms with Crippen molar-refractivity contribution >= 4 is 34.7 Å². The number of hydrogen-bond acceptors (Lipinski definition) is 5. The fourth-order valence-corrected chi connectivity index (χ4v) is 4.88. The first-order chi connectivity index (χ1) is 14.1. The molecule has 3 rings (SSSR count). The number of rotatable bonds is 6. The second-order valence-corrected chi connectivity index (χ2v) is 9.24. The summed E-state index contributed by atoms with van der Waals surface area (Å²) >= 11 is 3.51. The number of carbonyl (C=O) groups is 2. The topological polar surface area (TPSA) is 113 Å². The van der Waals surface area contributed by atoms with E-state index in [0.717, 1.165) is 6.07 Å². The Morgan fingerprint density at radius 2 is 2.07 bits per heavy atom. The third-order valence-electron chi connectivity index (χ3n) is 5.94. The van der Waals surface area contributed by atoms with Crippen molar-refractivity contribution in [1.29, 1.82) is 0 Å². The Bertz CT molecular complexity index is 831. The number of halogens is 2. The van der Waals surface area contributed by atoms with Crippen LogP contribution in [0.4, 0.5) is 4.39 Å². The van der Waals surface area contributed by atoms with E-state index in [0.29, 0.717) is 31.2 Å². The highest BCUT2D eigenvalue weighted by Gasteiger charge is 2.53. The van der Waals surface area contributed by atoms with Crippen LogP contribution in [0.3, 0.4) is 0 Å². The van der Waals surface area contributed by atoms with Crippen LogP contribution in [-0.2, 0) is 27.4 Å². The van der Waals surface area contributed by atoms with Gasteiger partial charge in [-0.25, -0.2) is 8.70 Å². The van der Waals surface area contributed by atoms with Crippen molar-refractivity contribution in [3.63, 3.8) is 0 Å². The predicted molar refractivity (Wildman–Crippen MR) is 107 cm³/mol. The molecule has 0 radical (unpaired) electrons. The molecule has 2 N–H and O–H groups in total. The molecule has 1 saturated heterocycles. The molecule has 1 aliphatic heterocycles. The molecule has 30 heavy (non-hydrogen) atoms. The summed E-state index contributed by atoms with van der Waals surface area (Å²) in [6.07, 6.45) is 2.36. The van der Waals surface area contributed by atoms with Crippen molar-refractivity contribution in [3.05, 3.63) is 34.6 Å². The van der Waals surface area contributed by atoms with Gasteiger partial charge in [0.05, 0.1) is 0 Å². The summed E-state index contributed by atoms with van der Waals surface area (Å²) in [6.45, 7) is 0.170. The molecule has 1 aliphatic carbocycles. The smallest absolute Gasteiger partial charge is 0.264 e. The van der Waals surface area contributed by atoms with E-state index in [1.807, 2.05) is 0 Å². The van der Waals surface area contributed by atoms with Gasteiger partial charge < -0.3 is 19.9 Å². The number of carbonyl (C=O) groups excluding carboxylic acids is 2. The first-order valence-electron chi connectivity index (χ1n) is 9.70. The second kappa shape index (κ2) is 9.27. The predicted octanol–water partition coefficient (Wildman–Crippen LogP) is 1.10. The van der Waals surface area contributed by atoms with Crippen LogP contribution >= 0.6 is 11.6 Å². The Hall–Kier alpha value is -1.59. The van der Waals surface area contributed by atoms with Gasteiger partial charge in [-0.15, -0.1) is 0 Å². The quantitative estimate of drug-likeness (QED) is 0.487. The van der Waals surface area contributed by atoms with E-state index in [1.165, 1.54) is 28.4 Å². The number of likely N-dealkylation sites (tertiary alicyclic amines) is 1. The minimum atomic E-state index is -2.29. The number of amides is 2. The number of nitrogens with one attached hydrogen (secondary N) is 1. The van der Waals surface area contributed by atoms with E-state index in [-0.39, 0.29) is 36.6 Å². The van der Waals surface area contributed by atoms with Crippen LogP contribution in [0.5, 0.6) is 0 Å². The molecule has 2 aliphatic rings. The van der Waals surface area contributed by atoms with Crippen LogP contribution in [0, 0.1) is 5.82 Å². The lowest BCUT2D eigenvalue weighted by atomic mass is 9.90. The molecule has 0 spiro atoms. The Morgan fingerprint density at radius 1 is 1.40 bits per heavy atom. The summed E-state index contributed by atoms with van der Waals surface area (Å²) in [5.74, 6) is -2.03. The molecule has 2 amide bonds. The first-order valence-corrected chi connectivity index (χ1v) is 11.1. The number of benzene rings is 1. The summed E-state index contributed by atoms with van der Waals surface area (Å²) in [7, 11) is 1.52. The number of hydrogen-bond donors (Lipinski definition) is 2. The van der Waals surface area contributed by atoms with Crippen LogP contribution in [-0.4, -0.2) is 66.2 Å². The van der Waals surface area contributed by atoms with Gasteiger partial charge in [0.1, 0.15) is 5.82 Å². The van der Waals surface area contributed by atoms with E-state index >= 15 is 0 Å². The molecular formula is C19H24ClFN3O5S-. The number of aliphatic hydroxyl groups is 1. The van der Waals surface area contributed by atoms with Gasteiger partial charge >= 0.3 is 0 Å². The molecule has 8 nitrogen and oxygen atoms in total. The zero-order valence-electron chi connectivity index (χ0n) is 16.5. The molecule has 2 atom stereocenters. The van der Waals surface area contributed by atoms with E-state index < -0.39 is 34.5 Å². The molecule has 1 saturated carbocycles. The van der Waals surface area contributed by atoms with E-state index in [9.17, 15) is 27.8 Å². The van der Waals surface area contributed by atoms with Gasteiger partial charge in [-0.05, 0) is 56.5 Å². The summed E-state index contributed by atoms with van der Waals surface area (Å²) < 4.78 is 36.9. The zero-order valence-corrected chi connectivity index (χ0v) is 18.0. The van der Waals surface area contributed by atoms with Crippen LogP contribution in [0.15, 0.2) is 18.2 Å². The van der Waals surface area contributed by atoms with Gasteiger partial charge in [0, 0.05) is 47.9 Å². The van der Waals surface area contributed by atoms with Crippen LogP contribution in [0.25, 0.3) is 0 Å². The highest BCUT2D eigenvalue weighted by molar-refractivity contribution is 7.76. The van der Waals surface area contributed by atoms with Crippen molar-refractivity contribution < 1.29 is 27.8 Å². The summed E-state index contributed by atoms with van der Waals surface area (Å²) in [5, 5.41) is 13.4. The molecule has 0 bridgehead atoms. The van der Waals surface area contributed by atoms with Crippen LogP contribution in [0.1, 0.15) is 37.7 Å². The largest absolute Gasteiger partial charge is 0.760 e. The van der Waals surface area contributed by atoms with Crippen molar-refractivity contribution in [2.24, 2.45) is 0 Å². The van der Waals surface area contributed by atoms with E-state index in [4.69, 9.17) is 11.6 Å².